The van der Waals surface area contributed by atoms with Crippen LogP contribution in [-0.2, 0) is 24.0 Å². The summed E-state index contributed by atoms with van der Waals surface area (Å²) in [5.41, 5.74) is 11.0. The molecular weight excluding hydrogens is 406 g/mol. The van der Waals surface area contributed by atoms with Crippen LogP contribution >= 0.6 is 0 Å². The number of carbonyl (C=O) groups excluding carboxylic acids is 4. The van der Waals surface area contributed by atoms with Gasteiger partial charge in [0.1, 0.15) is 18.1 Å². The molecule has 0 aromatic heterocycles. The van der Waals surface area contributed by atoms with E-state index in [0.29, 0.717) is 12.8 Å². The zero-order valence-corrected chi connectivity index (χ0v) is 18.9. The van der Waals surface area contributed by atoms with E-state index in [1.54, 1.807) is 20.8 Å². The molecular formula is C20H37N5O6. The highest BCUT2D eigenvalue weighted by Crippen LogP contribution is 2.09. The molecule has 0 aromatic carbocycles. The maximum atomic E-state index is 12.7. The summed E-state index contributed by atoms with van der Waals surface area (Å²) in [6.45, 7) is 8.55. The fourth-order valence-corrected chi connectivity index (χ4v) is 2.68. The van der Waals surface area contributed by atoms with Gasteiger partial charge in [-0.2, -0.15) is 0 Å². The second kappa shape index (κ2) is 13.6. The van der Waals surface area contributed by atoms with E-state index in [2.05, 4.69) is 16.0 Å². The Balaban J connectivity index is 5.21. The van der Waals surface area contributed by atoms with Crippen molar-refractivity contribution in [1.82, 2.24) is 16.0 Å². The zero-order chi connectivity index (χ0) is 24.3. The van der Waals surface area contributed by atoms with E-state index in [9.17, 15) is 29.1 Å². The van der Waals surface area contributed by atoms with Crippen LogP contribution in [0.15, 0.2) is 0 Å². The Bertz CT molecular complexity index is 656. The highest BCUT2D eigenvalue weighted by Gasteiger charge is 2.30. The van der Waals surface area contributed by atoms with Crippen molar-refractivity contribution in [2.24, 2.45) is 23.3 Å². The van der Waals surface area contributed by atoms with Crippen molar-refractivity contribution < 1.29 is 29.1 Å². The van der Waals surface area contributed by atoms with Crippen molar-refractivity contribution >= 4 is 29.6 Å². The van der Waals surface area contributed by atoms with Crippen LogP contribution in [0.4, 0.5) is 0 Å². The normalized spacial score (nSPS) is 16.7. The maximum absolute atomic E-state index is 12.7. The summed E-state index contributed by atoms with van der Waals surface area (Å²) >= 11 is 0. The third-order valence-corrected chi connectivity index (χ3v) is 5.40. The average Bonchev–Trinajstić information content (AvgIpc) is 2.71. The molecule has 0 saturated carbocycles. The molecule has 11 heteroatoms. The van der Waals surface area contributed by atoms with Crippen LogP contribution in [0, 0.1) is 11.8 Å². The Kier molecular flexibility index (Phi) is 12.4. The predicted molar refractivity (Wildman–Crippen MR) is 114 cm³/mol. The molecule has 0 saturated heterocycles. The number of carbonyl (C=O) groups is 5. The first-order chi connectivity index (χ1) is 14.3. The van der Waals surface area contributed by atoms with Crippen molar-refractivity contribution in [3.8, 4) is 0 Å². The standard InChI is InChI=1S/C20H37N5O6/c1-6-10(3)15(22)19(29)24-13(8-9-14(21)26)18(28)23-12(5)17(27)25-16(20(30)31)11(4)7-2/h10-13,15-16H,6-9,22H2,1-5H3,(H2,21,26)(H,23,28)(H,24,29)(H,25,27)(H,30,31). The number of nitrogens with one attached hydrogen (secondary N) is 3. The molecule has 0 aliphatic carbocycles. The molecule has 6 atom stereocenters. The van der Waals surface area contributed by atoms with E-state index in [0.717, 1.165) is 0 Å². The first-order valence-corrected chi connectivity index (χ1v) is 10.5. The lowest BCUT2D eigenvalue weighted by Crippen LogP contribution is -2.57. The van der Waals surface area contributed by atoms with Crippen LogP contribution in [-0.4, -0.2) is 58.9 Å². The van der Waals surface area contributed by atoms with Gasteiger partial charge in [0.15, 0.2) is 0 Å². The molecule has 0 aromatic rings. The maximum Gasteiger partial charge on any atom is 0.326 e. The monoisotopic (exact) mass is 443 g/mol. The summed E-state index contributed by atoms with van der Waals surface area (Å²) in [4.78, 5) is 60.0. The van der Waals surface area contributed by atoms with Crippen molar-refractivity contribution in [2.45, 2.75) is 84.5 Å². The Morgan fingerprint density at radius 3 is 1.84 bits per heavy atom. The van der Waals surface area contributed by atoms with Crippen LogP contribution in [0.5, 0.6) is 0 Å². The van der Waals surface area contributed by atoms with Gasteiger partial charge in [-0.15, -0.1) is 0 Å². The number of carboxylic acids is 1. The molecule has 0 radical (unpaired) electrons. The molecule has 0 fully saturated rings. The van der Waals surface area contributed by atoms with Gasteiger partial charge in [0, 0.05) is 6.42 Å². The van der Waals surface area contributed by atoms with E-state index < -0.39 is 53.8 Å². The van der Waals surface area contributed by atoms with E-state index in [1.807, 2.05) is 6.92 Å². The Labute approximate surface area is 183 Å². The minimum atomic E-state index is -1.17. The van der Waals surface area contributed by atoms with Crippen LogP contribution in [0.3, 0.4) is 0 Å². The smallest absolute Gasteiger partial charge is 0.326 e. The second-order valence-corrected chi connectivity index (χ2v) is 7.92. The molecule has 0 spiro atoms. The molecule has 178 valence electrons. The summed E-state index contributed by atoms with van der Waals surface area (Å²) in [7, 11) is 0. The van der Waals surface area contributed by atoms with Gasteiger partial charge in [-0.25, -0.2) is 4.79 Å². The highest BCUT2D eigenvalue weighted by atomic mass is 16.4. The van der Waals surface area contributed by atoms with Crippen LogP contribution in [0.1, 0.15) is 60.3 Å². The zero-order valence-electron chi connectivity index (χ0n) is 18.9. The Hall–Kier alpha value is -2.69. The molecule has 0 aliphatic rings. The SMILES string of the molecule is CCC(C)C(N)C(=O)NC(CCC(N)=O)C(=O)NC(C)C(=O)NC(C(=O)O)C(C)CC. The fraction of sp³-hybridized carbons (Fsp3) is 0.750. The van der Waals surface area contributed by atoms with Gasteiger partial charge in [-0.3, -0.25) is 19.2 Å². The molecule has 8 N–H and O–H groups in total. The fourth-order valence-electron chi connectivity index (χ4n) is 2.68. The molecule has 11 nitrogen and oxygen atoms in total. The molecule has 0 bridgehead atoms. The van der Waals surface area contributed by atoms with Crippen molar-refractivity contribution in [3.63, 3.8) is 0 Å². The van der Waals surface area contributed by atoms with Gasteiger partial charge in [0.05, 0.1) is 6.04 Å². The minimum Gasteiger partial charge on any atom is -0.480 e. The first-order valence-electron chi connectivity index (χ1n) is 10.5. The van der Waals surface area contributed by atoms with E-state index in [-0.39, 0.29) is 24.7 Å². The molecule has 4 amide bonds. The van der Waals surface area contributed by atoms with Gasteiger partial charge < -0.3 is 32.5 Å². The minimum absolute atomic E-state index is 0.0703. The van der Waals surface area contributed by atoms with Crippen LogP contribution in [0.2, 0.25) is 0 Å². The molecule has 0 aliphatic heterocycles. The summed E-state index contributed by atoms with van der Waals surface area (Å²) in [6.07, 6.45) is 0.965. The molecule has 0 rings (SSSR count). The largest absolute Gasteiger partial charge is 0.480 e. The molecule has 31 heavy (non-hydrogen) atoms. The van der Waals surface area contributed by atoms with E-state index >= 15 is 0 Å². The number of carboxylic acid groups (broad SMARTS) is 1. The first kappa shape index (κ1) is 28.3. The lowest BCUT2D eigenvalue weighted by Gasteiger charge is -2.25. The topological polar surface area (TPSA) is 194 Å². The van der Waals surface area contributed by atoms with Gasteiger partial charge in [-0.1, -0.05) is 40.5 Å². The summed E-state index contributed by atoms with van der Waals surface area (Å²) in [5, 5.41) is 16.7. The second-order valence-electron chi connectivity index (χ2n) is 7.92. The van der Waals surface area contributed by atoms with Gasteiger partial charge >= 0.3 is 5.97 Å². The molecule has 6 unspecified atom stereocenters. The number of rotatable bonds is 14. The Morgan fingerprint density at radius 1 is 0.839 bits per heavy atom. The van der Waals surface area contributed by atoms with Gasteiger partial charge in [-0.05, 0) is 25.2 Å². The third kappa shape index (κ3) is 9.77. The lowest BCUT2D eigenvalue weighted by atomic mass is 9.98. The summed E-state index contributed by atoms with van der Waals surface area (Å²) in [6, 6.07) is -4.15. The Morgan fingerprint density at radius 2 is 1.39 bits per heavy atom. The quantitative estimate of drug-likeness (QED) is 0.203. The van der Waals surface area contributed by atoms with Crippen LogP contribution in [0.25, 0.3) is 0 Å². The lowest BCUT2D eigenvalue weighted by molar-refractivity contribution is -0.143. The summed E-state index contributed by atoms with van der Waals surface area (Å²) < 4.78 is 0. The number of hydrogen-bond acceptors (Lipinski definition) is 6. The number of nitrogens with two attached hydrogens (primary N) is 2. The van der Waals surface area contributed by atoms with Gasteiger partial charge in [0.2, 0.25) is 23.6 Å². The van der Waals surface area contributed by atoms with Crippen molar-refractivity contribution in [2.75, 3.05) is 0 Å². The molecule has 0 heterocycles. The van der Waals surface area contributed by atoms with Gasteiger partial charge in [0.25, 0.3) is 0 Å². The number of hydrogen-bond donors (Lipinski definition) is 6. The predicted octanol–water partition coefficient (Wildman–Crippen LogP) is -0.770. The van der Waals surface area contributed by atoms with E-state index in [4.69, 9.17) is 11.5 Å². The summed E-state index contributed by atoms with van der Waals surface area (Å²) in [5.74, 6) is -4.21. The third-order valence-electron chi connectivity index (χ3n) is 5.40. The highest BCUT2D eigenvalue weighted by molar-refractivity contribution is 5.94. The van der Waals surface area contributed by atoms with Crippen molar-refractivity contribution in [1.29, 1.82) is 0 Å². The number of primary amides is 1. The average molecular weight is 444 g/mol. The number of aliphatic carboxylic acids is 1. The van der Waals surface area contributed by atoms with E-state index in [1.165, 1.54) is 6.92 Å². The van der Waals surface area contributed by atoms with Crippen molar-refractivity contribution in [3.05, 3.63) is 0 Å². The number of amides is 4. The van der Waals surface area contributed by atoms with Crippen LogP contribution < -0.4 is 27.4 Å².